The average molecular weight is 409 g/mol. The van der Waals surface area contributed by atoms with E-state index in [2.05, 4.69) is 4.98 Å². The predicted octanol–water partition coefficient (Wildman–Crippen LogP) is 3.75. The molecule has 1 fully saturated rings. The zero-order valence-corrected chi connectivity index (χ0v) is 16.8. The molecule has 0 bridgehead atoms. The van der Waals surface area contributed by atoms with Gasteiger partial charge in [-0.1, -0.05) is 18.2 Å². The number of benzene rings is 2. The molecular formula is C23H24FN3O3. The van der Waals surface area contributed by atoms with Crippen LogP contribution in [0.5, 0.6) is 5.75 Å². The number of halogens is 1. The highest BCUT2D eigenvalue weighted by Crippen LogP contribution is 2.28. The second-order valence-electron chi connectivity index (χ2n) is 7.57. The Morgan fingerprint density at radius 2 is 2.07 bits per heavy atom. The minimum absolute atomic E-state index is 0.0301. The van der Waals surface area contributed by atoms with Gasteiger partial charge in [0.15, 0.2) is 0 Å². The van der Waals surface area contributed by atoms with Crippen molar-refractivity contribution in [2.45, 2.75) is 25.4 Å². The van der Waals surface area contributed by atoms with Crippen LogP contribution in [0.25, 0.3) is 11.1 Å². The van der Waals surface area contributed by atoms with Crippen molar-refractivity contribution in [2.75, 3.05) is 13.2 Å². The van der Waals surface area contributed by atoms with Crippen molar-refractivity contribution in [3.63, 3.8) is 0 Å². The summed E-state index contributed by atoms with van der Waals surface area (Å²) in [7, 11) is 1.82. The molecule has 6 nitrogen and oxygen atoms in total. The molecule has 2 aromatic carbocycles. The second kappa shape index (κ2) is 8.67. The number of aromatic nitrogens is 2. The lowest BCUT2D eigenvalue weighted by Crippen LogP contribution is -2.43. The first-order chi connectivity index (χ1) is 14.5. The van der Waals surface area contributed by atoms with Gasteiger partial charge in [-0.25, -0.2) is 9.37 Å². The number of hydrogen-bond donors (Lipinski definition) is 1. The highest BCUT2D eigenvalue weighted by atomic mass is 19.1. The number of hydrogen-bond acceptors (Lipinski definition) is 4. The lowest BCUT2D eigenvalue weighted by atomic mass is 10.0. The molecule has 0 saturated carbocycles. The molecule has 1 aromatic heterocycles. The highest BCUT2D eigenvalue weighted by Gasteiger charge is 2.28. The van der Waals surface area contributed by atoms with Gasteiger partial charge < -0.3 is 19.3 Å². The molecule has 2 heterocycles. The summed E-state index contributed by atoms with van der Waals surface area (Å²) in [6.45, 7) is 1.55. The van der Waals surface area contributed by atoms with E-state index in [1.54, 1.807) is 47.4 Å². The van der Waals surface area contributed by atoms with Crippen molar-refractivity contribution in [1.82, 2.24) is 14.5 Å². The smallest absolute Gasteiger partial charge is 0.274 e. The summed E-state index contributed by atoms with van der Waals surface area (Å²) in [5.74, 6) is -0.449. The largest absolute Gasteiger partial charge is 0.508 e. The fourth-order valence-corrected chi connectivity index (χ4v) is 3.80. The third-order valence-corrected chi connectivity index (χ3v) is 5.36. The molecule has 4 rings (SSSR count). The lowest BCUT2D eigenvalue weighted by molar-refractivity contribution is 0.0264. The van der Waals surface area contributed by atoms with Crippen LogP contribution in [-0.2, 0) is 18.3 Å². The quantitative estimate of drug-likeness (QED) is 0.697. The summed E-state index contributed by atoms with van der Waals surface area (Å²) in [5, 5.41) is 9.75. The van der Waals surface area contributed by atoms with Gasteiger partial charge in [-0.3, -0.25) is 4.79 Å². The van der Waals surface area contributed by atoms with Crippen LogP contribution in [0.2, 0.25) is 0 Å². The van der Waals surface area contributed by atoms with Crippen LogP contribution < -0.4 is 0 Å². The summed E-state index contributed by atoms with van der Waals surface area (Å²) < 4.78 is 21.7. The van der Waals surface area contributed by atoms with Gasteiger partial charge in [0.05, 0.1) is 6.33 Å². The summed E-state index contributed by atoms with van der Waals surface area (Å²) in [6.07, 6.45) is 4.81. The Morgan fingerprint density at radius 1 is 1.27 bits per heavy atom. The van der Waals surface area contributed by atoms with Crippen LogP contribution in [0.3, 0.4) is 0 Å². The van der Waals surface area contributed by atoms with Gasteiger partial charge in [-0.2, -0.15) is 0 Å². The van der Waals surface area contributed by atoms with Crippen molar-refractivity contribution in [1.29, 1.82) is 0 Å². The third-order valence-electron chi connectivity index (χ3n) is 5.36. The monoisotopic (exact) mass is 409 g/mol. The van der Waals surface area contributed by atoms with E-state index in [1.807, 2.05) is 11.9 Å². The molecular weight excluding hydrogens is 385 g/mol. The Balaban J connectivity index is 1.65. The van der Waals surface area contributed by atoms with Gasteiger partial charge in [-0.05, 0) is 48.2 Å². The number of ether oxygens (including phenoxy) is 1. The first kappa shape index (κ1) is 20.1. The lowest BCUT2D eigenvalue weighted by Gasteiger charge is -2.34. The van der Waals surface area contributed by atoms with Crippen LogP contribution >= 0.6 is 0 Å². The Bertz CT molecular complexity index is 1040. The van der Waals surface area contributed by atoms with Crippen LogP contribution in [0, 0.1) is 5.82 Å². The number of nitrogens with zero attached hydrogens (tertiary/aromatic N) is 3. The maximum absolute atomic E-state index is 14.5. The Hall–Kier alpha value is -3.19. The van der Waals surface area contributed by atoms with Crippen LogP contribution in [-0.4, -0.2) is 44.7 Å². The molecule has 1 aliphatic rings. The van der Waals surface area contributed by atoms with Crippen LogP contribution in [0.1, 0.15) is 28.9 Å². The molecule has 156 valence electrons. The highest BCUT2D eigenvalue weighted by molar-refractivity contribution is 5.92. The number of carbonyl (C=O) groups excluding carboxylic acids is 1. The molecule has 0 aliphatic carbocycles. The van der Waals surface area contributed by atoms with Crippen molar-refractivity contribution in [3.05, 3.63) is 72.1 Å². The molecule has 3 aromatic rings. The number of amides is 1. The number of carbonyl (C=O) groups is 1. The Labute approximate surface area is 174 Å². The van der Waals surface area contributed by atoms with Crippen LogP contribution in [0.15, 0.2) is 55.0 Å². The van der Waals surface area contributed by atoms with E-state index >= 15 is 0 Å². The predicted molar refractivity (Wildman–Crippen MR) is 110 cm³/mol. The Kier molecular flexibility index (Phi) is 5.81. The molecule has 0 spiro atoms. The molecule has 0 radical (unpaired) electrons. The molecule has 1 saturated heterocycles. The van der Waals surface area contributed by atoms with Gasteiger partial charge in [0.1, 0.15) is 17.3 Å². The van der Waals surface area contributed by atoms with Crippen LogP contribution in [0.4, 0.5) is 4.39 Å². The number of aryl methyl sites for hydroxylation is 1. The maximum Gasteiger partial charge on any atom is 0.274 e. The molecule has 1 N–H and O–H groups in total. The molecule has 1 aliphatic heterocycles. The number of phenols is 1. The van der Waals surface area contributed by atoms with E-state index in [9.17, 15) is 14.3 Å². The van der Waals surface area contributed by atoms with Crippen molar-refractivity contribution >= 4 is 5.91 Å². The first-order valence-electron chi connectivity index (χ1n) is 9.96. The number of imidazole rings is 1. The molecule has 0 unspecified atom stereocenters. The second-order valence-corrected chi connectivity index (χ2v) is 7.57. The van der Waals surface area contributed by atoms with Crippen molar-refractivity contribution in [3.8, 4) is 16.9 Å². The van der Waals surface area contributed by atoms with E-state index in [1.165, 1.54) is 12.1 Å². The van der Waals surface area contributed by atoms with Gasteiger partial charge in [0.2, 0.25) is 0 Å². The van der Waals surface area contributed by atoms with E-state index in [0.717, 1.165) is 18.4 Å². The zero-order chi connectivity index (χ0) is 21.1. The van der Waals surface area contributed by atoms with Gasteiger partial charge >= 0.3 is 0 Å². The van der Waals surface area contributed by atoms with Crippen molar-refractivity contribution in [2.24, 2.45) is 7.05 Å². The fraction of sp³-hybridized carbons (Fsp3) is 0.304. The van der Waals surface area contributed by atoms with Gasteiger partial charge in [0.25, 0.3) is 5.91 Å². The standard InChI is InChI=1S/C23H24FN3O3/c1-26-14-22(25-15-26)23(29)27(18-7-9-30-10-8-18)13-16-5-6-21(24)20(11-16)17-3-2-4-19(28)12-17/h2-6,11-12,14-15,18,28H,7-10,13H2,1H3. The molecule has 1 amide bonds. The van der Waals surface area contributed by atoms with E-state index < -0.39 is 0 Å². The summed E-state index contributed by atoms with van der Waals surface area (Å²) in [6, 6.07) is 11.4. The topological polar surface area (TPSA) is 67.6 Å². The molecule has 0 atom stereocenters. The Morgan fingerprint density at radius 3 is 2.77 bits per heavy atom. The van der Waals surface area contributed by atoms with Gasteiger partial charge in [-0.15, -0.1) is 0 Å². The van der Waals surface area contributed by atoms with E-state index in [0.29, 0.717) is 36.6 Å². The minimum Gasteiger partial charge on any atom is -0.508 e. The third kappa shape index (κ3) is 4.36. The molecule has 30 heavy (non-hydrogen) atoms. The summed E-state index contributed by atoms with van der Waals surface area (Å²) in [4.78, 5) is 19.3. The van der Waals surface area contributed by atoms with Crippen molar-refractivity contribution < 1.29 is 19.0 Å². The normalized spacial score (nSPS) is 14.6. The number of aromatic hydroxyl groups is 1. The summed E-state index contributed by atoms with van der Waals surface area (Å²) >= 11 is 0. The number of rotatable bonds is 5. The van der Waals surface area contributed by atoms with E-state index in [4.69, 9.17) is 4.74 Å². The SMILES string of the molecule is Cn1cnc(C(=O)N(Cc2ccc(F)c(-c3cccc(O)c3)c2)C2CCOCC2)c1. The zero-order valence-electron chi connectivity index (χ0n) is 16.8. The minimum atomic E-state index is -0.377. The first-order valence-corrected chi connectivity index (χ1v) is 9.96. The summed E-state index contributed by atoms with van der Waals surface area (Å²) in [5.41, 5.74) is 2.17. The average Bonchev–Trinajstić information content (AvgIpc) is 3.19. The van der Waals surface area contributed by atoms with Gasteiger partial charge in [0, 0.05) is 44.6 Å². The number of phenolic OH excluding ortho intramolecular Hbond substituents is 1. The van der Waals surface area contributed by atoms with E-state index in [-0.39, 0.29) is 23.5 Å². The fourth-order valence-electron chi connectivity index (χ4n) is 3.80. The maximum atomic E-state index is 14.5. The molecule has 7 heteroatoms.